The SMILES string of the molecule is Cc1ncsc1CNCC(O)COCC(C)C. The standard InChI is InChI=1S/C12H22N2O2S/c1-9(2)6-16-7-11(15)4-13-5-12-10(3)14-8-17-12/h8-9,11,13,15H,4-7H2,1-3H3. The van der Waals surface area contributed by atoms with Gasteiger partial charge >= 0.3 is 0 Å². The van der Waals surface area contributed by atoms with E-state index in [1.807, 2.05) is 12.4 Å². The molecule has 17 heavy (non-hydrogen) atoms. The number of aryl methyl sites for hydroxylation is 1. The van der Waals surface area contributed by atoms with Gasteiger partial charge in [0.05, 0.1) is 23.9 Å². The van der Waals surface area contributed by atoms with Crippen molar-refractivity contribution >= 4 is 11.3 Å². The van der Waals surface area contributed by atoms with Crippen molar-refractivity contribution in [3.05, 3.63) is 16.1 Å². The molecule has 2 N–H and O–H groups in total. The molecular weight excluding hydrogens is 236 g/mol. The van der Waals surface area contributed by atoms with Gasteiger partial charge in [0, 0.05) is 24.6 Å². The minimum absolute atomic E-state index is 0.396. The molecule has 1 aromatic rings. The lowest BCUT2D eigenvalue weighted by Gasteiger charge is -2.13. The number of rotatable bonds is 8. The molecule has 0 amide bonds. The van der Waals surface area contributed by atoms with Crippen LogP contribution in [0.3, 0.4) is 0 Å². The Kier molecular flexibility index (Phi) is 6.65. The lowest BCUT2D eigenvalue weighted by Crippen LogP contribution is -2.30. The topological polar surface area (TPSA) is 54.4 Å². The molecule has 0 aromatic carbocycles. The van der Waals surface area contributed by atoms with E-state index in [9.17, 15) is 5.11 Å². The maximum Gasteiger partial charge on any atom is 0.0897 e. The highest BCUT2D eigenvalue weighted by Gasteiger charge is 2.06. The summed E-state index contributed by atoms with van der Waals surface area (Å²) in [5, 5.41) is 12.9. The summed E-state index contributed by atoms with van der Waals surface area (Å²) in [6.07, 6.45) is -0.443. The molecule has 0 fully saturated rings. The smallest absolute Gasteiger partial charge is 0.0897 e. The number of ether oxygens (including phenoxy) is 1. The summed E-state index contributed by atoms with van der Waals surface area (Å²) in [6.45, 7) is 8.59. The number of nitrogens with zero attached hydrogens (tertiary/aromatic N) is 1. The molecule has 0 saturated heterocycles. The molecule has 0 radical (unpaired) electrons. The fourth-order valence-corrected chi connectivity index (χ4v) is 2.09. The molecule has 98 valence electrons. The summed E-state index contributed by atoms with van der Waals surface area (Å²) in [7, 11) is 0. The van der Waals surface area contributed by atoms with Gasteiger partial charge in [0.25, 0.3) is 0 Å². The number of nitrogens with one attached hydrogen (secondary N) is 1. The fourth-order valence-electron chi connectivity index (χ4n) is 1.35. The third-order valence-corrected chi connectivity index (χ3v) is 3.21. The zero-order valence-corrected chi connectivity index (χ0v) is 11.6. The quantitative estimate of drug-likeness (QED) is 0.743. The predicted molar refractivity (Wildman–Crippen MR) is 70.2 cm³/mol. The van der Waals surface area contributed by atoms with E-state index in [-0.39, 0.29) is 0 Å². The van der Waals surface area contributed by atoms with Crippen molar-refractivity contribution in [2.24, 2.45) is 5.92 Å². The van der Waals surface area contributed by atoms with E-state index >= 15 is 0 Å². The molecule has 1 aromatic heterocycles. The van der Waals surface area contributed by atoms with E-state index in [1.165, 1.54) is 4.88 Å². The maximum atomic E-state index is 9.66. The van der Waals surface area contributed by atoms with Crippen molar-refractivity contribution in [3.8, 4) is 0 Å². The number of aliphatic hydroxyl groups is 1. The van der Waals surface area contributed by atoms with Gasteiger partial charge in [-0.2, -0.15) is 0 Å². The predicted octanol–water partition coefficient (Wildman–Crippen LogP) is 1.57. The highest BCUT2D eigenvalue weighted by molar-refractivity contribution is 7.09. The van der Waals surface area contributed by atoms with E-state index in [0.29, 0.717) is 25.7 Å². The van der Waals surface area contributed by atoms with Crippen LogP contribution in [0.25, 0.3) is 0 Å². The Morgan fingerprint density at radius 1 is 1.47 bits per heavy atom. The Hall–Kier alpha value is -0.490. The minimum Gasteiger partial charge on any atom is -0.389 e. The minimum atomic E-state index is -0.443. The lowest BCUT2D eigenvalue weighted by atomic mass is 10.2. The van der Waals surface area contributed by atoms with Crippen molar-refractivity contribution in [3.63, 3.8) is 0 Å². The van der Waals surface area contributed by atoms with Crippen LogP contribution in [0.4, 0.5) is 0 Å². The molecule has 0 aliphatic carbocycles. The molecule has 4 nitrogen and oxygen atoms in total. The first kappa shape index (κ1) is 14.6. The number of hydrogen-bond acceptors (Lipinski definition) is 5. The van der Waals surface area contributed by atoms with Crippen LogP contribution in [-0.4, -0.2) is 36.0 Å². The Balaban J connectivity index is 2.08. The molecule has 0 aliphatic heterocycles. The summed E-state index contributed by atoms with van der Waals surface area (Å²) in [5.74, 6) is 0.509. The van der Waals surface area contributed by atoms with E-state index in [0.717, 1.165) is 12.2 Å². The first-order valence-corrected chi connectivity index (χ1v) is 6.83. The summed E-state index contributed by atoms with van der Waals surface area (Å²) >= 11 is 1.64. The van der Waals surface area contributed by atoms with E-state index in [2.05, 4.69) is 24.1 Å². The Morgan fingerprint density at radius 3 is 2.82 bits per heavy atom. The van der Waals surface area contributed by atoms with Crippen LogP contribution in [0, 0.1) is 12.8 Å². The molecular formula is C12H22N2O2S. The Labute approximate surface area is 107 Å². The van der Waals surface area contributed by atoms with Crippen LogP contribution in [-0.2, 0) is 11.3 Å². The number of aromatic nitrogens is 1. The average Bonchev–Trinajstić information content (AvgIpc) is 2.64. The lowest BCUT2D eigenvalue weighted by molar-refractivity contribution is 0.0260. The van der Waals surface area contributed by atoms with Gasteiger partial charge in [-0.05, 0) is 12.8 Å². The first-order valence-electron chi connectivity index (χ1n) is 5.95. The van der Waals surface area contributed by atoms with Crippen LogP contribution >= 0.6 is 11.3 Å². The Morgan fingerprint density at radius 2 is 2.24 bits per heavy atom. The van der Waals surface area contributed by atoms with Crippen LogP contribution < -0.4 is 5.32 Å². The second-order valence-corrected chi connectivity index (χ2v) is 5.52. The van der Waals surface area contributed by atoms with Crippen LogP contribution in [0.1, 0.15) is 24.4 Å². The van der Waals surface area contributed by atoms with E-state index in [1.54, 1.807) is 11.3 Å². The molecule has 0 saturated carbocycles. The van der Waals surface area contributed by atoms with Gasteiger partial charge in [-0.15, -0.1) is 11.3 Å². The highest BCUT2D eigenvalue weighted by atomic mass is 32.1. The molecule has 1 atom stereocenters. The van der Waals surface area contributed by atoms with Crippen molar-refractivity contribution in [2.45, 2.75) is 33.4 Å². The van der Waals surface area contributed by atoms with Crippen molar-refractivity contribution in [1.29, 1.82) is 0 Å². The van der Waals surface area contributed by atoms with Crippen molar-refractivity contribution in [1.82, 2.24) is 10.3 Å². The summed E-state index contributed by atoms with van der Waals surface area (Å²) in [6, 6.07) is 0. The van der Waals surface area contributed by atoms with Crippen LogP contribution in [0.15, 0.2) is 5.51 Å². The third-order valence-electron chi connectivity index (χ3n) is 2.27. The summed E-state index contributed by atoms with van der Waals surface area (Å²) < 4.78 is 5.37. The third kappa shape index (κ3) is 6.12. The number of aliphatic hydroxyl groups excluding tert-OH is 1. The fraction of sp³-hybridized carbons (Fsp3) is 0.750. The molecule has 5 heteroatoms. The molecule has 0 spiro atoms. The van der Waals surface area contributed by atoms with Gasteiger partial charge in [-0.3, -0.25) is 0 Å². The molecule has 1 rings (SSSR count). The van der Waals surface area contributed by atoms with Gasteiger partial charge in [-0.1, -0.05) is 13.8 Å². The average molecular weight is 258 g/mol. The zero-order valence-electron chi connectivity index (χ0n) is 10.8. The first-order chi connectivity index (χ1) is 8.09. The van der Waals surface area contributed by atoms with E-state index < -0.39 is 6.10 Å². The molecule has 0 aliphatic rings. The van der Waals surface area contributed by atoms with Crippen molar-refractivity contribution < 1.29 is 9.84 Å². The van der Waals surface area contributed by atoms with Gasteiger partial charge in [-0.25, -0.2) is 4.98 Å². The van der Waals surface area contributed by atoms with Crippen molar-refractivity contribution in [2.75, 3.05) is 19.8 Å². The van der Waals surface area contributed by atoms with Gasteiger partial charge in [0.15, 0.2) is 0 Å². The van der Waals surface area contributed by atoms with Gasteiger partial charge < -0.3 is 15.2 Å². The monoisotopic (exact) mass is 258 g/mol. The molecule has 1 unspecified atom stereocenters. The van der Waals surface area contributed by atoms with Crippen LogP contribution in [0.5, 0.6) is 0 Å². The second kappa shape index (κ2) is 7.76. The maximum absolute atomic E-state index is 9.66. The highest BCUT2D eigenvalue weighted by Crippen LogP contribution is 2.10. The Bertz CT molecular complexity index is 315. The number of hydrogen-bond donors (Lipinski definition) is 2. The normalized spacial score (nSPS) is 13.2. The largest absolute Gasteiger partial charge is 0.389 e. The summed E-state index contributed by atoms with van der Waals surface area (Å²) in [4.78, 5) is 5.40. The summed E-state index contributed by atoms with van der Waals surface area (Å²) in [5.41, 5.74) is 2.90. The van der Waals surface area contributed by atoms with Gasteiger partial charge in [0.1, 0.15) is 0 Å². The molecule has 0 bridgehead atoms. The second-order valence-electron chi connectivity index (χ2n) is 4.58. The zero-order chi connectivity index (χ0) is 12.7. The van der Waals surface area contributed by atoms with Gasteiger partial charge in [0.2, 0.25) is 0 Å². The van der Waals surface area contributed by atoms with E-state index in [4.69, 9.17) is 4.74 Å². The van der Waals surface area contributed by atoms with Crippen LogP contribution in [0.2, 0.25) is 0 Å². The molecule has 1 heterocycles. The number of thiazole rings is 1.